The first-order valence-corrected chi connectivity index (χ1v) is 10.9. The molecule has 4 heterocycles. The van der Waals surface area contributed by atoms with E-state index in [1.54, 1.807) is 24.5 Å². The summed E-state index contributed by atoms with van der Waals surface area (Å²) in [5.41, 5.74) is 2.29. The van der Waals surface area contributed by atoms with Crippen molar-refractivity contribution in [1.29, 1.82) is 0 Å². The molecule has 0 fully saturated rings. The van der Waals surface area contributed by atoms with E-state index >= 15 is 0 Å². The summed E-state index contributed by atoms with van der Waals surface area (Å²) in [7, 11) is 3.68. The average molecular weight is 440 g/mol. The monoisotopic (exact) mass is 439 g/mol. The van der Waals surface area contributed by atoms with Crippen molar-refractivity contribution in [3.05, 3.63) is 47.5 Å². The van der Waals surface area contributed by atoms with Crippen LogP contribution in [0.25, 0.3) is 32.7 Å². The summed E-state index contributed by atoms with van der Waals surface area (Å²) in [5.74, 6) is 1.58. The molecule has 0 saturated heterocycles. The number of pyridine rings is 1. The van der Waals surface area contributed by atoms with E-state index in [0.717, 1.165) is 46.7 Å². The van der Waals surface area contributed by atoms with E-state index < -0.39 is 0 Å². The van der Waals surface area contributed by atoms with Crippen molar-refractivity contribution in [3.8, 4) is 28.4 Å². The van der Waals surface area contributed by atoms with E-state index in [2.05, 4.69) is 11.9 Å². The van der Waals surface area contributed by atoms with Gasteiger partial charge in [0.1, 0.15) is 29.7 Å². The Hall–Kier alpha value is -2.88. The first-order valence-electron chi connectivity index (χ1n) is 10.0. The molecule has 0 spiro atoms. The van der Waals surface area contributed by atoms with Crippen molar-refractivity contribution in [2.75, 3.05) is 33.9 Å². The zero-order valence-electron chi connectivity index (χ0n) is 17.3. The van der Waals surface area contributed by atoms with Gasteiger partial charge in [0, 0.05) is 47.1 Å². The number of hydrogen-bond donors (Lipinski definition) is 0. The van der Waals surface area contributed by atoms with Crippen LogP contribution in [0.3, 0.4) is 0 Å². The average Bonchev–Trinajstić information content (AvgIpc) is 3.40. The number of aromatic nitrogens is 4. The number of nitrogens with zero attached hydrogens (tertiary/aromatic N) is 5. The quantitative estimate of drug-likeness (QED) is 0.426. The van der Waals surface area contributed by atoms with Gasteiger partial charge in [0.25, 0.3) is 0 Å². The van der Waals surface area contributed by atoms with Crippen molar-refractivity contribution in [2.24, 2.45) is 0 Å². The molecule has 0 N–H and O–H groups in total. The molecule has 0 bridgehead atoms. The van der Waals surface area contributed by atoms with Gasteiger partial charge in [-0.1, -0.05) is 0 Å². The smallest absolute Gasteiger partial charge is 0.200 e. The lowest BCUT2D eigenvalue weighted by atomic mass is 10.0. The lowest BCUT2D eigenvalue weighted by molar-refractivity contribution is 0.146. The summed E-state index contributed by atoms with van der Waals surface area (Å²) in [5, 5.41) is 7.78. The highest BCUT2D eigenvalue weighted by Crippen LogP contribution is 2.42. The molecule has 7 nitrogen and oxygen atoms in total. The normalized spacial score (nSPS) is 14.2. The number of thiophene rings is 1. The van der Waals surface area contributed by atoms with Crippen LogP contribution in [0.15, 0.2) is 35.8 Å². The third-order valence-corrected chi connectivity index (χ3v) is 6.26. The van der Waals surface area contributed by atoms with E-state index in [4.69, 9.17) is 24.5 Å². The van der Waals surface area contributed by atoms with E-state index in [1.807, 2.05) is 22.3 Å². The zero-order chi connectivity index (χ0) is 21.4. The van der Waals surface area contributed by atoms with E-state index in [0.29, 0.717) is 30.5 Å². The Labute approximate surface area is 183 Å². The summed E-state index contributed by atoms with van der Waals surface area (Å²) in [6, 6.07) is 6.61. The highest BCUT2D eigenvalue weighted by molar-refractivity contribution is 7.17. The van der Waals surface area contributed by atoms with E-state index in [9.17, 15) is 4.39 Å². The van der Waals surface area contributed by atoms with E-state index in [-0.39, 0.29) is 5.82 Å². The van der Waals surface area contributed by atoms with Crippen LogP contribution in [0.1, 0.15) is 5.82 Å². The fourth-order valence-electron chi connectivity index (χ4n) is 3.76. The Morgan fingerprint density at radius 1 is 1.19 bits per heavy atom. The molecule has 9 heteroatoms. The summed E-state index contributed by atoms with van der Waals surface area (Å²) >= 11 is 1.61. The number of methoxy groups -OCH3 is 1. The highest BCUT2D eigenvalue weighted by atomic mass is 32.1. The Morgan fingerprint density at radius 3 is 2.97 bits per heavy atom. The lowest BCUT2D eigenvalue weighted by Crippen LogP contribution is -2.30. The largest absolute Gasteiger partial charge is 0.490 e. The van der Waals surface area contributed by atoms with Crippen LogP contribution in [0.5, 0.6) is 5.75 Å². The zero-order valence-corrected chi connectivity index (χ0v) is 18.2. The van der Waals surface area contributed by atoms with Gasteiger partial charge in [0.2, 0.25) is 5.82 Å². The van der Waals surface area contributed by atoms with Gasteiger partial charge < -0.3 is 9.47 Å². The third kappa shape index (κ3) is 3.80. The molecule has 5 rings (SSSR count). The fraction of sp³-hybridized carbons (Fsp3) is 0.318. The van der Waals surface area contributed by atoms with Gasteiger partial charge in [-0.15, -0.1) is 16.4 Å². The second kappa shape index (κ2) is 8.33. The number of benzene rings is 1. The topological polar surface area (TPSA) is 65.3 Å². The minimum atomic E-state index is -0.359. The Kier molecular flexibility index (Phi) is 5.39. The molecule has 0 saturated carbocycles. The standard InChI is InChI=1S/C22H22FN5O2S/c1-27-6-7-28-18(13-27)25-22(26-28)20-19(21-14(12-24-20)5-10-31-21)16-4-3-15(23)11-17(16)30-9-8-29-2/h3-5,10-12H,6-9,13H2,1-2H3. The molecule has 1 aromatic carbocycles. The minimum absolute atomic E-state index is 0.319. The maximum absolute atomic E-state index is 14.1. The van der Waals surface area contributed by atoms with E-state index in [1.165, 1.54) is 12.1 Å². The van der Waals surface area contributed by atoms with Gasteiger partial charge in [0.05, 0.1) is 19.7 Å². The minimum Gasteiger partial charge on any atom is -0.490 e. The SMILES string of the molecule is COCCOc1cc(F)ccc1-c1c(-c2nc3n(n2)CCN(C)C3)ncc2ccsc12. The summed E-state index contributed by atoms with van der Waals surface area (Å²) in [6.07, 6.45) is 1.84. The van der Waals surface area contributed by atoms with Crippen LogP contribution in [0.2, 0.25) is 0 Å². The van der Waals surface area contributed by atoms with Crippen molar-refractivity contribution in [3.63, 3.8) is 0 Å². The van der Waals surface area contributed by atoms with Gasteiger partial charge in [-0.25, -0.2) is 14.1 Å². The first-order chi connectivity index (χ1) is 15.1. The van der Waals surface area contributed by atoms with Gasteiger partial charge in [-0.3, -0.25) is 9.88 Å². The van der Waals surface area contributed by atoms with Gasteiger partial charge in [-0.2, -0.15) is 0 Å². The summed E-state index contributed by atoms with van der Waals surface area (Å²) < 4.78 is 28.0. The Morgan fingerprint density at radius 2 is 2.10 bits per heavy atom. The van der Waals surface area contributed by atoms with Crippen LogP contribution in [-0.4, -0.2) is 58.6 Å². The van der Waals surface area contributed by atoms with Crippen molar-refractivity contribution in [1.82, 2.24) is 24.6 Å². The third-order valence-electron chi connectivity index (χ3n) is 5.32. The van der Waals surface area contributed by atoms with Crippen molar-refractivity contribution >= 4 is 21.4 Å². The van der Waals surface area contributed by atoms with Crippen LogP contribution in [-0.2, 0) is 17.8 Å². The van der Waals surface area contributed by atoms with Crippen molar-refractivity contribution < 1.29 is 13.9 Å². The molecule has 0 amide bonds. The van der Waals surface area contributed by atoms with Crippen molar-refractivity contribution in [2.45, 2.75) is 13.1 Å². The Balaban J connectivity index is 1.68. The molecule has 0 radical (unpaired) electrons. The number of rotatable bonds is 6. The second-order valence-corrected chi connectivity index (χ2v) is 8.40. The van der Waals surface area contributed by atoms with Crippen LogP contribution >= 0.6 is 11.3 Å². The molecule has 0 unspecified atom stereocenters. The van der Waals surface area contributed by atoms with Gasteiger partial charge in [-0.05, 0) is 30.6 Å². The molecule has 31 heavy (non-hydrogen) atoms. The maximum atomic E-state index is 14.1. The van der Waals surface area contributed by atoms with Crippen LogP contribution in [0.4, 0.5) is 4.39 Å². The molecule has 1 aliphatic rings. The lowest BCUT2D eigenvalue weighted by Gasteiger charge is -2.21. The molecular formula is C22H22FN5O2S. The molecular weight excluding hydrogens is 417 g/mol. The molecule has 3 aromatic heterocycles. The number of halogens is 1. The molecule has 0 aliphatic carbocycles. The fourth-order valence-corrected chi connectivity index (χ4v) is 4.70. The van der Waals surface area contributed by atoms with Gasteiger partial charge in [0.15, 0.2) is 0 Å². The second-order valence-electron chi connectivity index (χ2n) is 7.48. The predicted molar refractivity (Wildman–Crippen MR) is 118 cm³/mol. The summed E-state index contributed by atoms with van der Waals surface area (Å²) in [6.45, 7) is 3.19. The molecule has 4 aromatic rings. The van der Waals surface area contributed by atoms with Gasteiger partial charge >= 0.3 is 0 Å². The number of likely N-dealkylation sites (N-methyl/N-ethyl adjacent to an activating group) is 1. The van der Waals surface area contributed by atoms with Crippen LogP contribution < -0.4 is 4.74 Å². The molecule has 1 aliphatic heterocycles. The highest BCUT2D eigenvalue weighted by Gasteiger charge is 2.24. The Bertz CT molecular complexity index is 1240. The molecule has 0 atom stereocenters. The number of fused-ring (bicyclic) bond motifs is 2. The number of ether oxygens (including phenoxy) is 2. The molecule has 160 valence electrons. The first kappa shape index (κ1) is 20.0. The predicted octanol–water partition coefficient (Wildman–Crippen LogP) is 3.83. The summed E-state index contributed by atoms with van der Waals surface area (Å²) in [4.78, 5) is 11.7. The van der Waals surface area contributed by atoms with Crippen LogP contribution in [0, 0.1) is 5.82 Å². The maximum Gasteiger partial charge on any atom is 0.200 e. The number of hydrogen-bond acceptors (Lipinski definition) is 7.